The Morgan fingerprint density at radius 1 is 1.15 bits per heavy atom. The second kappa shape index (κ2) is 12.5. The van der Waals surface area contributed by atoms with E-state index >= 15 is 0 Å². The van der Waals surface area contributed by atoms with Gasteiger partial charge >= 0.3 is 0 Å². The van der Waals surface area contributed by atoms with Gasteiger partial charge in [0.1, 0.15) is 23.8 Å². The van der Waals surface area contributed by atoms with E-state index in [1.165, 1.54) is 0 Å². The molecule has 1 aromatic heterocycles. The largest absolute Gasteiger partial charge is 0.496 e. The predicted molar refractivity (Wildman–Crippen MR) is 138 cm³/mol. The van der Waals surface area contributed by atoms with Gasteiger partial charge in [0.25, 0.3) is 0 Å². The Balaban J connectivity index is 0.00000385. The summed E-state index contributed by atoms with van der Waals surface area (Å²) in [4.78, 5) is 21.3. The Bertz CT molecular complexity index is 939. The molecule has 1 aliphatic rings. The van der Waals surface area contributed by atoms with Crippen LogP contribution >= 0.6 is 24.0 Å². The van der Waals surface area contributed by atoms with Gasteiger partial charge in [-0.3, -0.25) is 14.5 Å². The number of rotatable bonds is 8. The number of aromatic nitrogens is 2. The second-order valence-corrected chi connectivity index (χ2v) is 7.34. The third-order valence-electron chi connectivity index (χ3n) is 5.30. The number of piperazine rings is 1. The van der Waals surface area contributed by atoms with E-state index in [1.54, 1.807) is 37.1 Å². The summed E-state index contributed by atoms with van der Waals surface area (Å²) in [6.45, 7) is 4.76. The normalized spacial score (nSPS) is 14.1. The summed E-state index contributed by atoms with van der Waals surface area (Å²) < 4.78 is 18.1. The molecular formula is C22H33IN6O4. The molecule has 33 heavy (non-hydrogen) atoms. The van der Waals surface area contributed by atoms with Crippen molar-refractivity contribution in [3.05, 3.63) is 30.1 Å². The number of halogens is 1. The van der Waals surface area contributed by atoms with Gasteiger partial charge in [-0.2, -0.15) is 5.10 Å². The fourth-order valence-corrected chi connectivity index (χ4v) is 3.70. The smallest absolute Gasteiger partial charge is 0.246 e. The highest BCUT2D eigenvalue weighted by molar-refractivity contribution is 14.0. The van der Waals surface area contributed by atoms with E-state index in [-0.39, 0.29) is 36.4 Å². The van der Waals surface area contributed by atoms with E-state index in [0.717, 1.165) is 17.2 Å². The minimum atomic E-state index is 0. The molecule has 10 nitrogen and oxygen atoms in total. The van der Waals surface area contributed by atoms with Crippen molar-refractivity contribution in [2.24, 2.45) is 12.0 Å². The van der Waals surface area contributed by atoms with Crippen LogP contribution in [-0.2, 0) is 18.3 Å². The average Bonchev–Trinajstić information content (AvgIpc) is 3.23. The number of nitrogens with zero attached hydrogens (tertiary/aromatic N) is 5. The SMILES string of the molecule is CCNC(=NCCc1c(OC)cc(OC)cc1OC)N1CCN(c2cnn(C)c2)C(=O)C1.I. The summed E-state index contributed by atoms with van der Waals surface area (Å²) in [5, 5.41) is 7.46. The van der Waals surface area contributed by atoms with Crippen molar-refractivity contribution >= 4 is 41.5 Å². The van der Waals surface area contributed by atoms with Crippen LogP contribution in [0, 0.1) is 0 Å². The van der Waals surface area contributed by atoms with E-state index in [9.17, 15) is 4.79 Å². The Morgan fingerprint density at radius 3 is 2.36 bits per heavy atom. The van der Waals surface area contributed by atoms with E-state index in [4.69, 9.17) is 19.2 Å². The average molecular weight is 572 g/mol. The van der Waals surface area contributed by atoms with Crippen LogP contribution < -0.4 is 24.4 Å². The minimum absolute atomic E-state index is 0. The maximum Gasteiger partial charge on any atom is 0.246 e. The number of benzene rings is 1. The molecule has 0 unspecified atom stereocenters. The van der Waals surface area contributed by atoms with Crippen molar-refractivity contribution in [1.82, 2.24) is 20.0 Å². The molecule has 2 aromatic rings. The molecule has 1 aliphatic heterocycles. The Hall–Kier alpha value is -2.70. The van der Waals surface area contributed by atoms with Gasteiger partial charge in [-0.25, -0.2) is 0 Å². The molecular weight excluding hydrogens is 539 g/mol. The molecule has 11 heteroatoms. The summed E-state index contributed by atoms with van der Waals surface area (Å²) in [6.07, 6.45) is 4.18. The van der Waals surface area contributed by atoms with E-state index in [1.807, 2.05) is 37.2 Å². The maximum absolute atomic E-state index is 12.8. The monoisotopic (exact) mass is 572 g/mol. The van der Waals surface area contributed by atoms with Crippen molar-refractivity contribution in [3.8, 4) is 17.2 Å². The molecule has 0 saturated carbocycles. The number of aliphatic imine (C=N–C) groups is 1. The Kier molecular flexibility index (Phi) is 10.1. The van der Waals surface area contributed by atoms with Crippen LogP contribution in [0.15, 0.2) is 29.5 Å². The highest BCUT2D eigenvalue weighted by atomic mass is 127. The maximum atomic E-state index is 12.8. The lowest BCUT2D eigenvalue weighted by Crippen LogP contribution is -2.55. The number of methoxy groups -OCH3 is 3. The number of hydrogen-bond acceptors (Lipinski definition) is 6. The Labute approximate surface area is 211 Å². The number of carbonyl (C=O) groups is 1. The fraction of sp³-hybridized carbons (Fsp3) is 0.500. The number of amides is 1. The molecule has 1 aromatic carbocycles. The standard InChI is InChI=1S/C22H32N6O4.HI/c1-6-23-22(27-9-10-28(21(29)15-27)16-13-25-26(2)14-16)24-8-7-18-19(31-4)11-17(30-3)12-20(18)32-5;/h11-14H,6-10,15H2,1-5H3,(H,23,24);1H. The number of ether oxygens (including phenoxy) is 3. The lowest BCUT2D eigenvalue weighted by atomic mass is 10.1. The number of aryl methyl sites for hydroxylation is 1. The molecule has 1 fully saturated rings. The highest BCUT2D eigenvalue weighted by Crippen LogP contribution is 2.34. The zero-order chi connectivity index (χ0) is 23.1. The van der Waals surface area contributed by atoms with Gasteiger partial charge in [0.2, 0.25) is 5.91 Å². The fourth-order valence-electron chi connectivity index (χ4n) is 3.70. The summed E-state index contributed by atoms with van der Waals surface area (Å²) in [6, 6.07) is 3.67. The van der Waals surface area contributed by atoms with Crippen LogP contribution in [0.2, 0.25) is 0 Å². The molecule has 0 bridgehead atoms. The first-order valence-corrected chi connectivity index (χ1v) is 10.6. The van der Waals surface area contributed by atoms with Gasteiger partial charge < -0.3 is 29.3 Å². The molecule has 1 N–H and O–H groups in total. The molecule has 0 atom stereocenters. The minimum Gasteiger partial charge on any atom is -0.496 e. The first-order valence-electron chi connectivity index (χ1n) is 10.6. The number of anilines is 1. The highest BCUT2D eigenvalue weighted by Gasteiger charge is 2.27. The second-order valence-electron chi connectivity index (χ2n) is 7.34. The van der Waals surface area contributed by atoms with Crippen LogP contribution in [0.4, 0.5) is 5.69 Å². The first-order chi connectivity index (χ1) is 15.5. The summed E-state index contributed by atoms with van der Waals surface area (Å²) in [7, 11) is 6.69. The van der Waals surface area contributed by atoms with Crippen LogP contribution in [0.25, 0.3) is 0 Å². The van der Waals surface area contributed by atoms with E-state index in [2.05, 4.69) is 10.4 Å². The number of guanidine groups is 1. The summed E-state index contributed by atoms with van der Waals surface area (Å²) in [5.41, 5.74) is 1.74. The van der Waals surface area contributed by atoms with Gasteiger partial charge in [0, 0.05) is 57.1 Å². The van der Waals surface area contributed by atoms with Crippen molar-refractivity contribution in [2.75, 3.05) is 59.0 Å². The Morgan fingerprint density at radius 2 is 1.85 bits per heavy atom. The van der Waals surface area contributed by atoms with Gasteiger partial charge in [0.05, 0.1) is 33.2 Å². The lowest BCUT2D eigenvalue weighted by molar-refractivity contribution is -0.120. The third-order valence-corrected chi connectivity index (χ3v) is 5.30. The molecule has 0 radical (unpaired) electrons. The zero-order valence-electron chi connectivity index (χ0n) is 19.8. The zero-order valence-corrected chi connectivity index (χ0v) is 22.2. The molecule has 0 spiro atoms. The van der Waals surface area contributed by atoms with Crippen LogP contribution in [-0.4, -0.2) is 80.6 Å². The van der Waals surface area contributed by atoms with Crippen LogP contribution in [0.3, 0.4) is 0 Å². The van der Waals surface area contributed by atoms with Crippen LogP contribution in [0.1, 0.15) is 12.5 Å². The quantitative estimate of drug-likeness (QED) is 0.294. The summed E-state index contributed by atoms with van der Waals surface area (Å²) >= 11 is 0. The van der Waals surface area contributed by atoms with Crippen molar-refractivity contribution in [2.45, 2.75) is 13.3 Å². The molecule has 0 aliphatic carbocycles. The van der Waals surface area contributed by atoms with Crippen LogP contribution in [0.5, 0.6) is 17.2 Å². The third kappa shape index (κ3) is 6.42. The van der Waals surface area contributed by atoms with E-state index < -0.39 is 0 Å². The van der Waals surface area contributed by atoms with E-state index in [0.29, 0.717) is 49.8 Å². The lowest BCUT2D eigenvalue weighted by Gasteiger charge is -2.35. The van der Waals surface area contributed by atoms with Crippen molar-refractivity contribution in [1.29, 1.82) is 0 Å². The van der Waals surface area contributed by atoms with Gasteiger partial charge in [-0.05, 0) is 13.3 Å². The van der Waals surface area contributed by atoms with Gasteiger partial charge in [-0.15, -0.1) is 24.0 Å². The van der Waals surface area contributed by atoms with Gasteiger partial charge in [0.15, 0.2) is 5.96 Å². The number of carbonyl (C=O) groups excluding carboxylic acids is 1. The topological polar surface area (TPSA) is 93.5 Å². The van der Waals surface area contributed by atoms with Crippen molar-refractivity contribution < 1.29 is 19.0 Å². The molecule has 2 heterocycles. The number of hydrogen-bond donors (Lipinski definition) is 1. The van der Waals surface area contributed by atoms with Gasteiger partial charge in [-0.1, -0.05) is 0 Å². The molecule has 1 amide bonds. The van der Waals surface area contributed by atoms with Crippen molar-refractivity contribution in [3.63, 3.8) is 0 Å². The predicted octanol–water partition coefficient (Wildman–Crippen LogP) is 1.92. The number of nitrogens with one attached hydrogen (secondary N) is 1. The molecule has 182 valence electrons. The first kappa shape index (κ1) is 26.6. The summed E-state index contributed by atoms with van der Waals surface area (Å²) in [5.74, 6) is 2.80. The molecule has 3 rings (SSSR count). The molecule has 1 saturated heterocycles.